The Bertz CT molecular complexity index is 1100. The number of carbonyl (C=O) groups excluding carboxylic acids is 2. The second-order valence-electron chi connectivity index (χ2n) is 8.47. The van der Waals surface area contributed by atoms with E-state index in [0.29, 0.717) is 32.7 Å². The van der Waals surface area contributed by atoms with Gasteiger partial charge in [0.15, 0.2) is 12.2 Å². The highest BCUT2D eigenvalue weighted by Crippen LogP contribution is 2.15. The molecule has 0 aliphatic carbocycles. The highest BCUT2D eigenvalue weighted by molar-refractivity contribution is 5.75. The van der Waals surface area contributed by atoms with Crippen LogP contribution in [-0.2, 0) is 48.0 Å². The lowest BCUT2D eigenvalue weighted by molar-refractivity contribution is -0.158. The first-order valence-electron chi connectivity index (χ1n) is 13.0. The molecular formula is C31H38O8. The third-order valence-electron chi connectivity index (χ3n) is 5.49. The van der Waals surface area contributed by atoms with Gasteiger partial charge in [-0.25, -0.2) is 9.59 Å². The standard InChI is InChI=1S/C18H20O4.C13H18O4/c1-2-21-17(12-14-8-10-16(19)11-9-14)18(20)22-13-15-6-4-3-5-7-15;1-3-16-12(13(15)17-4-2)9-10-5-7-11(14)8-6-10/h3-11,17,19H,2,12-13H2,1H3;5-8,12,14H,3-4,9H2,1-2H3/t17-;12-/m00/s1. The fourth-order valence-electron chi connectivity index (χ4n) is 3.57. The van der Waals surface area contributed by atoms with Gasteiger partial charge >= 0.3 is 11.9 Å². The summed E-state index contributed by atoms with van der Waals surface area (Å²) in [5.74, 6) is -0.317. The molecule has 0 spiro atoms. The molecule has 3 aromatic rings. The smallest absolute Gasteiger partial charge is 0.335 e. The number of esters is 2. The fourth-order valence-corrected chi connectivity index (χ4v) is 3.57. The lowest BCUT2D eigenvalue weighted by Crippen LogP contribution is -2.28. The number of hydrogen-bond acceptors (Lipinski definition) is 8. The average Bonchev–Trinajstić information content (AvgIpc) is 2.94. The molecule has 2 atom stereocenters. The van der Waals surface area contributed by atoms with Crippen molar-refractivity contribution in [2.75, 3.05) is 19.8 Å². The van der Waals surface area contributed by atoms with Gasteiger partial charge < -0.3 is 29.2 Å². The van der Waals surface area contributed by atoms with Crippen LogP contribution in [0.3, 0.4) is 0 Å². The molecule has 0 saturated carbocycles. The Kier molecular flexibility index (Phi) is 14.1. The topological polar surface area (TPSA) is 112 Å². The third kappa shape index (κ3) is 12.0. The summed E-state index contributed by atoms with van der Waals surface area (Å²) >= 11 is 0. The number of ether oxygens (including phenoxy) is 4. The lowest BCUT2D eigenvalue weighted by Gasteiger charge is -2.16. The normalized spacial score (nSPS) is 12.0. The molecule has 0 unspecified atom stereocenters. The molecule has 8 heteroatoms. The Labute approximate surface area is 230 Å². The highest BCUT2D eigenvalue weighted by atomic mass is 16.6. The second kappa shape index (κ2) is 17.6. The van der Waals surface area contributed by atoms with Crippen molar-refractivity contribution in [1.29, 1.82) is 0 Å². The Morgan fingerprint density at radius 2 is 1.03 bits per heavy atom. The molecule has 8 nitrogen and oxygen atoms in total. The van der Waals surface area contributed by atoms with Crippen molar-refractivity contribution in [3.05, 3.63) is 95.6 Å². The predicted octanol–water partition coefficient (Wildman–Crippen LogP) is 4.99. The monoisotopic (exact) mass is 538 g/mol. The molecule has 0 aliphatic heterocycles. The van der Waals surface area contributed by atoms with Gasteiger partial charge in [-0.2, -0.15) is 0 Å². The Balaban J connectivity index is 0.000000283. The molecule has 0 aromatic heterocycles. The first-order valence-corrected chi connectivity index (χ1v) is 13.0. The molecular weight excluding hydrogens is 500 g/mol. The number of phenols is 2. The van der Waals surface area contributed by atoms with E-state index in [0.717, 1.165) is 16.7 Å². The highest BCUT2D eigenvalue weighted by Gasteiger charge is 2.21. The Hall–Kier alpha value is -3.88. The largest absolute Gasteiger partial charge is 0.508 e. The summed E-state index contributed by atoms with van der Waals surface area (Å²) in [6.45, 7) is 6.92. The number of carbonyl (C=O) groups is 2. The molecule has 3 aromatic carbocycles. The first-order chi connectivity index (χ1) is 18.9. The van der Waals surface area contributed by atoms with Crippen LogP contribution in [-0.4, -0.2) is 54.2 Å². The van der Waals surface area contributed by atoms with Crippen molar-refractivity contribution in [2.45, 2.75) is 52.4 Å². The van der Waals surface area contributed by atoms with Crippen LogP contribution in [0, 0.1) is 0 Å². The molecule has 210 valence electrons. The van der Waals surface area contributed by atoms with E-state index in [2.05, 4.69) is 0 Å². The van der Waals surface area contributed by atoms with Gasteiger partial charge in [-0.3, -0.25) is 0 Å². The maximum Gasteiger partial charge on any atom is 0.335 e. The van der Waals surface area contributed by atoms with E-state index in [1.165, 1.54) is 0 Å². The van der Waals surface area contributed by atoms with Gasteiger partial charge in [-0.15, -0.1) is 0 Å². The zero-order valence-corrected chi connectivity index (χ0v) is 22.7. The van der Waals surface area contributed by atoms with Gasteiger partial charge in [0.1, 0.15) is 18.1 Å². The van der Waals surface area contributed by atoms with Crippen LogP contribution in [0.2, 0.25) is 0 Å². The Morgan fingerprint density at radius 3 is 1.44 bits per heavy atom. The number of rotatable bonds is 13. The molecule has 0 saturated heterocycles. The van der Waals surface area contributed by atoms with Crippen molar-refractivity contribution in [2.24, 2.45) is 0 Å². The summed E-state index contributed by atoms with van der Waals surface area (Å²) in [6, 6.07) is 23.0. The van der Waals surface area contributed by atoms with Gasteiger partial charge in [0.05, 0.1) is 6.61 Å². The average molecular weight is 539 g/mol. The minimum absolute atomic E-state index is 0.198. The summed E-state index contributed by atoms with van der Waals surface area (Å²) in [7, 11) is 0. The molecule has 3 rings (SSSR count). The lowest BCUT2D eigenvalue weighted by atomic mass is 10.1. The van der Waals surface area contributed by atoms with Crippen LogP contribution in [0.5, 0.6) is 11.5 Å². The molecule has 0 bridgehead atoms. The van der Waals surface area contributed by atoms with Crippen molar-refractivity contribution in [3.8, 4) is 11.5 Å². The van der Waals surface area contributed by atoms with Gasteiger partial charge in [0.25, 0.3) is 0 Å². The quantitative estimate of drug-likeness (QED) is 0.293. The number of benzene rings is 3. The van der Waals surface area contributed by atoms with Crippen LogP contribution < -0.4 is 0 Å². The summed E-state index contributed by atoms with van der Waals surface area (Å²) in [5, 5.41) is 18.5. The molecule has 0 fully saturated rings. The minimum atomic E-state index is -0.641. The first kappa shape index (κ1) is 31.3. The van der Waals surface area contributed by atoms with Crippen molar-refractivity contribution < 1.29 is 38.7 Å². The summed E-state index contributed by atoms with van der Waals surface area (Å²) in [4.78, 5) is 23.8. The number of hydrogen-bond donors (Lipinski definition) is 2. The minimum Gasteiger partial charge on any atom is -0.508 e. The van der Waals surface area contributed by atoms with E-state index in [1.807, 2.05) is 44.2 Å². The van der Waals surface area contributed by atoms with E-state index in [4.69, 9.17) is 24.1 Å². The van der Waals surface area contributed by atoms with Gasteiger partial charge in [-0.05, 0) is 61.7 Å². The van der Waals surface area contributed by atoms with E-state index in [-0.39, 0.29) is 30.0 Å². The van der Waals surface area contributed by atoms with Crippen LogP contribution >= 0.6 is 0 Å². The van der Waals surface area contributed by atoms with E-state index in [9.17, 15) is 14.7 Å². The van der Waals surface area contributed by atoms with Crippen LogP contribution in [0.25, 0.3) is 0 Å². The molecule has 0 aliphatic rings. The molecule has 0 radical (unpaired) electrons. The van der Waals surface area contributed by atoms with Crippen molar-refractivity contribution in [1.82, 2.24) is 0 Å². The molecule has 0 amide bonds. The van der Waals surface area contributed by atoms with Crippen LogP contribution in [0.1, 0.15) is 37.5 Å². The summed E-state index contributed by atoms with van der Waals surface area (Å²) in [5.41, 5.74) is 2.78. The zero-order chi connectivity index (χ0) is 28.5. The van der Waals surface area contributed by atoms with Crippen LogP contribution in [0.15, 0.2) is 78.9 Å². The fraction of sp³-hybridized carbons (Fsp3) is 0.355. The number of phenolic OH excluding ortho intramolecular Hbond substituents is 2. The van der Waals surface area contributed by atoms with Gasteiger partial charge in [-0.1, -0.05) is 54.6 Å². The molecule has 2 N–H and O–H groups in total. The summed E-state index contributed by atoms with van der Waals surface area (Å²) in [6.07, 6.45) is -0.350. The zero-order valence-electron chi connectivity index (χ0n) is 22.7. The summed E-state index contributed by atoms with van der Waals surface area (Å²) < 4.78 is 21.1. The van der Waals surface area contributed by atoms with E-state index >= 15 is 0 Å². The maximum absolute atomic E-state index is 12.2. The van der Waals surface area contributed by atoms with Gasteiger partial charge in [0.2, 0.25) is 0 Å². The maximum atomic E-state index is 12.2. The third-order valence-corrected chi connectivity index (χ3v) is 5.49. The second-order valence-corrected chi connectivity index (χ2v) is 8.47. The Morgan fingerprint density at radius 1 is 0.590 bits per heavy atom. The molecule has 0 heterocycles. The van der Waals surface area contributed by atoms with Crippen molar-refractivity contribution in [3.63, 3.8) is 0 Å². The SMILES string of the molecule is CCOC(=O)[C@H](Cc1ccc(O)cc1)OCC.CCO[C@@H](Cc1ccc(O)cc1)C(=O)OCc1ccccc1. The molecule has 39 heavy (non-hydrogen) atoms. The van der Waals surface area contributed by atoms with Gasteiger partial charge in [0, 0.05) is 26.1 Å². The van der Waals surface area contributed by atoms with Crippen LogP contribution in [0.4, 0.5) is 0 Å². The van der Waals surface area contributed by atoms with Crippen molar-refractivity contribution >= 4 is 11.9 Å². The van der Waals surface area contributed by atoms with E-state index in [1.54, 1.807) is 55.5 Å². The predicted molar refractivity (Wildman–Crippen MR) is 147 cm³/mol. The van der Waals surface area contributed by atoms with E-state index < -0.39 is 12.2 Å². The number of aromatic hydroxyl groups is 2.